The first-order valence-electron chi connectivity index (χ1n) is 2.76. The van der Waals surface area contributed by atoms with Gasteiger partial charge in [0.15, 0.2) is 0 Å². The monoisotopic (exact) mass is 220 g/mol. The number of rotatable bonds is 2. The van der Waals surface area contributed by atoms with Gasteiger partial charge in [0.25, 0.3) is 0 Å². The maximum Gasteiger partial charge on any atom is 0.341 e. The Morgan fingerprint density at radius 1 is 1.67 bits per heavy atom. The highest BCUT2D eigenvalue weighted by Crippen LogP contribution is 2.18. The molecule has 1 N–H and O–H groups in total. The highest BCUT2D eigenvalue weighted by atomic mass is 32.2. The van der Waals surface area contributed by atoms with E-state index in [1.807, 2.05) is 0 Å². The number of aromatic nitrogens is 2. The highest BCUT2D eigenvalue weighted by Gasteiger charge is 2.05. The molecule has 0 aromatic carbocycles. The largest absolute Gasteiger partial charge is 0.477 e. The quantitative estimate of drug-likeness (QED) is 0.517. The van der Waals surface area contributed by atoms with Crippen LogP contribution in [-0.2, 0) is 4.79 Å². The summed E-state index contributed by atoms with van der Waals surface area (Å²) in [7, 11) is 0. The van der Waals surface area contributed by atoms with Gasteiger partial charge in [-0.3, -0.25) is 0 Å². The fourth-order valence-corrected chi connectivity index (χ4v) is 1.21. The van der Waals surface area contributed by atoms with Crippen LogP contribution in [0.1, 0.15) is 5.69 Å². The van der Waals surface area contributed by atoms with E-state index in [2.05, 4.69) is 34.8 Å². The molecular weight excluding hydrogens is 216 g/mol. The van der Waals surface area contributed by atoms with Crippen molar-refractivity contribution in [3.63, 3.8) is 0 Å². The van der Waals surface area contributed by atoms with E-state index in [9.17, 15) is 4.79 Å². The molecule has 1 aromatic rings. The summed E-state index contributed by atoms with van der Waals surface area (Å²) in [6, 6.07) is 0. The van der Waals surface area contributed by atoms with Gasteiger partial charge < -0.3 is 5.11 Å². The van der Waals surface area contributed by atoms with E-state index in [-0.39, 0.29) is 4.91 Å². The van der Waals surface area contributed by atoms with Gasteiger partial charge in [-0.25, -0.2) is 4.79 Å². The second kappa shape index (κ2) is 3.92. The Morgan fingerprint density at radius 2 is 2.33 bits per heavy atom. The molecule has 1 aromatic heterocycles. The van der Waals surface area contributed by atoms with Crippen LogP contribution >= 0.6 is 36.8 Å². The lowest BCUT2D eigenvalue weighted by Crippen LogP contribution is -1.93. The van der Waals surface area contributed by atoms with Crippen LogP contribution in [0, 0.1) is 0 Å². The second-order valence-corrected chi connectivity index (χ2v) is 3.78. The zero-order valence-electron chi connectivity index (χ0n) is 5.63. The Morgan fingerprint density at radius 3 is 2.75 bits per heavy atom. The van der Waals surface area contributed by atoms with Gasteiger partial charge in [-0.15, -0.1) is 30.4 Å². The first-order chi connectivity index (χ1) is 5.61. The molecule has 0 spiro atoms. The van der Waals surface area contributed by atoms with Crippen LogP contribution in [0.2, 0.25) is 0 Å². The van der Waals surface area contributed by atoms with Crippen LogP contribution in [0.15, 0.2) is 9.11 Å². The van der Waals surface area contributed by atoms with Crippen molar-refractivity contribution in [1.29, 1.82) is 0 Å². The molecule has 0 fully saturated rings. The molecule has 0 atom stereocenters. The zero-order chi connectivity index (χ0) is 9.14. The van der Waals surface area contributed by atoms with Crippen molar-refractivity contribution >= 4 is 48.8 Å². The van der Waals surface area contributed by atoms with E-state index >= 15 is 0 Å². The molecule has 0 amide bonds. The maximum atomic E-state index is 10.3. The Hall–Kier alpha value is -0.530. The Labute approximate surface area is 83.3 Å². The summed E-state index contributed by atoms with van der Waals surface area (Å²) in [6.45, 7) is 0. The van der Waals surface area contributed by atoms with Crippen LogP contribution in [0.25, 0.3) is 6.08 Å². The van der Waals surface area contributed by atoms with Crippen molar-refractivity contribution in [3.8, 4) is 0 Å². The zero-order valence-corrected chi connectivity index (χ0v) is 8.24. The van der Waals surface area contributed by atoms with E-state index in [1.54, 1.807) is 0 Å². The first-order valence-corrected chi connectivity index (χ1v) is 4.43. The summed E-state index contributed by atoms with van der Waals surface area (Å²) in [6.07, 6.45) is 1.30. The molecule has 0 radical (unpaired) electrons. The van der Waals surface area contributed by atoms with Crippen molar-refractivity contribution < 1.29 is 9.90 Å². The molecule has 0 bridgehead atoms. The highest BCUT2D eigenvalue weighted by molar-refractivity contribution is 7.85. The predicted octanol–water partition coefficient (Wildman–Crippen LogP) is 1.18. The molecule has 0 aliphatic heterocycles. The molecule has 0 saturated heterocycles. The summed E-state index contributed by atoms with van der Waals surface area (Å²) in [5, 5.41) is 12.1. The van der Waals surface area contributed by atoms with Gasteiger partial charge in [0, 0.05) is 0 Å². The first kappa shape index (κ1) is 9.56. The van der Waals surface area contributed by atoms with Gasteiger partial charge in [0.05, 0.1) is 4.91 Å². The summed E-state index contributed by atoms with van der Waals surface area (Å²) < 4.78 is 4.15. The van der Waals surface area contributed by atoms with Gasteiger partial charge in [0.1, 0.15) is 9.90 Å². The SMILES string of the molecule is O=C(O)C(S)=Cc1nnsc1S. The minimum Gasteiger partial charge on any atom is -0.477 e. The lowest BCUT2D eigenvalue weighted by molar-refractivity contribution is -0.131. The van der Waals surface area contributed by atoms with Crippen LogP contribution in [0.4, 0.5) is 0 Å². The van der Waals surface area contributed by atoms with E-state index in [0.29, 0.717) is 9.90 Å². The Kier molecular flexibility index (Phi) is 3.12. The lowest BCUT2D eigenvalue weighted by Gasteiger charge is -1.89. The molecule has 1 rings (SSSR count). The Balaban J connectivity index is 2.95. The maximum absolute atomic E-state index is 10.3. The van der Waals surface area contributed by atoms with E-state index in [1.165, 1.54) is 6.08 Å². The predicted molar refractivity (Wildman–Crippen MR) is 51.8 cm³/mol. The normalized spacial score (nSPS) is 11.7. The molecule has 0 saturated carbocycles. The van der Waals surface area contributed by atoms with Gasteiger partial charge >= 0.3 is 5.97 Å². The van der Waals surface area contributed by atoms with Crippen LogP contribution in [0.5, 0.6) is 0 Å². The van der Waals surface area contributed by atoms with Crippen molar-refractivity contribution in [2.75, 3.05) is 0 Å². The summed E-state index contributed by atoms with van der Waals surface area (Å²) in [5.74, 6) is -1.10. The molecule has 0 aliphatic carbocycles. The van der Waals surface area contributed by atoms with Crippen LogP contribution < -0.4 is 0 Å². The summed E-state index contributed by atoms with van der Waals surface area (Å²) in [4.78, 5) is 10.2. The number of carboxylic acids is 1. The molecule has 12 heavy (non-hydrogen) atoms. The fraction of sp³-hybridized carbons (Fsp3) is 0. The van der Waals surface area contributed by atoms with E-state index < -0.39 is 5.97 Å². The molecular formula is C5H4N2O2S3. The van der Waals surface area contributed by atoms with Crippen molar-refractivity contribution in [1.82, 2.24) is 9.59 Å². The number of carboxylic acid groups (broad SMARTS) is 1. The standard InChI is InChI=1S/C5H4N2O2S3/c8-4(9)3(10)1-2-5(11)12-7-6-2/h1,10-11H,(H,8,9). The van der Waals surface area contributed by atoms with E-state index in [0.717, 1.165) is 11.5 Å². The van der Waals surface area contributed by atoms with Gasteiger partial charge in [-0.1, -0.05) is 4.49 Å². The Bertz CT molecular complexity index is 333. The van der Waals surface area contributed by atoms with Crippen LogP contribution in [0.3, 0.4) is 0 Å². The molecule has 0 unspecified atom stereocenters. The fourth-order valence-electron chi connectivity index (χ4n) is 0.474. The van der Waals surface area contributed by atoms with Crippen molar-refractivity contribution in [3.05, 3.63) is 10.6 Å². The third-order valence-electron chi connectivity index (χ3n) is 0.988. The van der Waals surface area contributed by atoms with E-state index in [4.69, 9.17) is 5.11 Å². The summed E-state index contributed by atoms with van der Waals surface area (Å²) >= 11 is 8.83. The topological polar surface area (TPSA) is 63.1 Å². The average molecular weight is 220 g/mol. The molecule has 4 nitrogen and oxygen atoms in total. The van der Waals surface area contributed by atoms with Gasteiger partial charge in [-0.05, 0) is 17.6 Å². The number of carbonyl (C=O) groups is 1. The van der Waals surface area contributed by atoms with Crippen molar-refractivity contribution in [2.45, 2.75) is 4.21 Å². The van der Waals surface area contributed by atoms with Gasteiger partial charge in [0.2, 0.25) is 0 Å². The third kappa shape index (κ3) is 2.23. The molecule has 7 heteroatoms. The smallest absolute Gasteiger partial charge is 0.341 e. The minimum atomic E-state index is -1.10. The second-order valence-electron chi connectivity index (χ2n) is 1.80. The lowest BCUT2D eigenvalue weighted by atomic mass is 10.4. The molecule has 1 heterocycles. The molecule has 64 valence electrons. The van der Waals surface area contributed by atoms with Crippen LogP contribution in [-0.4, -0.2) is 20.7 Å². The molecule has 0 aliphatic rings. The third-order valence-corrected chi connectivity index (χ3v) is 2.33. The van der Waals surface area contributed by atoms with Crippen molar-refractivity contribution in [2.24, 2.45) is 0 Å². The average Bonchev–Trinajstić information content (AvgIpc) is 2.36. The number of aliphatic carboxylic acids is 1. The minimum absolute atomic E-state index is 0.0852. The number of hydrogen-bond acceptors (Lipinski definition) is 6. The number of thiol groups is 2. The number of nitrogens with zero attached hydrogens (tertiary/aromatic N) is 2. The summed E-state index contributed by atoms with van der Waals surface area (Å²) in [5.41, 5.74) is 0.427. The van der Waals surface area contributed by atoms with Gasteiger partial charge in [-0.2, -0.15) is 0 Å². The number of hydrogen-bond donors (Lipinski definition) is 3.